The number of aromatic nitrogens is 3. The number of amides is 1. The van der Waals surface area contributed by atoms with Crippen LogP contribution in [-0.4, -0.2) is 26.9 Å². The Morgan fingerprint density at radius 3 is 2.90 bits per heavy atom. The van der Waals surface area contributed by atoms with Gasteiger partial charge in [0.15, 0.2) is 6.61 Å². The van der Waals surface area contributed by atoms with Crippen molar-refractivity contribution in [2.75, 3.05) is 11.9 Å². The molecule has 3 heterocycles. The molecule has 2 aromatic carbocycles. The molecule has 0 saturated heterocycles. The van der Waals surface area contributed by atoms with Gasteiger partial charge in [-0.3, -0.25) is 9.20 Å². The largest absolute Gasteiger partial charge is 0.483 e. The summed E-state index contributed by atoms with van der Waals surface area (Å²) in [5.74, 6) is 1.34. The number of benzene rings is 2. The second-order valence-electron chi connectivity index (χ2n) is 7.36. The molecular weight excluding hydrogens is 414 g/mol. The molecule has 4 aromatic rings. The van der Waals surface area contributed by atoms with Crippen LogP contribution in [0.1, 0.15) is 23.7 Å². The number of halogens is 1. The number of nitrogens with zero attached hydrogens (tertiary/aromatic N) is 3. The zero-order valence-electron chi connectivity index (χ0n) is 16.9. The van der Waals surface area contributed by atoms with Gasteiger partial charge in [0.1, 0.15) is 17.3 Å². The van der Waals surface area contributed by atoms with Crippen LogP contribution in [0, 0.1) is 0 Å². The molecule has 0 radical (unpaired) electrons. The van der Waals surface area contributed by atoms with Crippen LogP contribution in [-0.2, 0) is 17.6 Å². The number of nitrogens with two attached hydrogens (primary N) is 1. The Kier molecular flexibility index (Phi) is 4.75. The standard InChI is InChI=1S/C23H20ClN5O2/c1-2-13-5-4-8-17(31-12-18(25)30)19(13)21-22-27-20-14(6-3-7-16(20)24)11-15-9-10-26-23(28-21)29(15)22/h3-10,27H,2,11-12H2,1H3,(H2,25,30). The van der Waals surface area contributed by atoms with Crippen molar-refractivity contribution in [3.63, 3.8) is 0 Å². The average molecular weight is 434 g/mol. The summed E-state index contributed by atoms with van der Waals surface area (Å²) in [6.07, 6.45) is 3.20. The Morgan fingerprint density at radius 2 is 2.10 bits per heavy atom. The monoisotopic (exact) mass is 433 g/mol. The highest BCUT2D eigenvalue weighted by Gasteiger charge is 2.26. The molecule has 1 aliphatic rings. The lowest BCUT2D eigenvalue weighted by Crippen LogP contribution is -2.20. The summed E-state index contributed by atoms with van der Waals surface area (Å²) in [7, 11) is 0. The fourth-order valence-corrected chi connectivity index (χ4v) is 4.28. The van der Waals surface area contributed by atoms with Crippen molar-refractivity contribution in [1.29, 1.82) is 0 Å². The molecule has 0 aliphatic carbocycles. The van der Waals surface area contributed by atoms with Crippen LogP contribution in [0.25, 0.3) is 17.0 Å². The first-order chi connectivity index (χ1) is 15.1. The highest BCUT2D eigenvalue weighted by molar-refractivity contribution is 6.33. The van der Waals surface area contributed by atoms with Crippen molar-refractivity contribution in [1.82, 2.24) is 14.4 Å². The van der Waals surface area contributed by atoms with Crippen LogP contribution < -0.4 is 15.8 Å². The second-order valence-corrected chi connectivity index (χ2v) is 7.76. The van der Waals surface area contributed by atoms with Crippen molar-refractivity contribution in [2.45, 2.75) is 19.8 Å². The number of imidazole rings is 1. The minimum absolute atomic E-state index is 0.214. The molecule has 0 spiro atoms. The maximum absolute atomic E-state index is 11.4. The lowest BCUT2D eigenvalue weighted by Gasteiger charge is -2.15. The van der Waals surface area contributed by atoms with E-state index in [1.165, 1.54) is 0 Å². The van der Waals surface area contributed by atoms with E-state index in [1.807, 2.05) is 40.8 Å². The number of carbonyl (C=O) groups excluding carboxylic acids is 1. The van der Waals surface area contributed by atoms with Crippen molar-refractivity contribution >= 4 is 34.8 Å². The summed E-state index contributed by atoms with van der Waals surface area (Å²) in [6, 6.07) is 13.6. The first-order valence-corrected chi connectivity index (χ1v) is 10.4. The van der Waals surface area contributed by atoms with Crippen LogP contribution in [0.5, 0.6) is 5.75 Å². The van der Waals surface area contributed by atoms with Crippen molar-refractivity contribution in [3.05, 3.63) is 70.5 Å². The topological polar surface area (TPSA) is 94.5 Å². The number of hydrogen-bond acceptors (Lipinski definition) is 5. The molecule has 156 valence electrons. The normalized spacial score (nSPS) is 12.2. The first-order valence-electron chi connectivity index (χ1n) is 10.0. The summed E-state index contributed by atoms with van der Waals surface area (Å²) < 4.78 is 7.78. The molecule has 5 rings (SSSR count). The van der Waals surface area contributed by atoms with Gasteiger partial charge >= 0.3 is 0 Å². The highest BCUT2D eigenvalue weighted by Crippen LogP contribution is 2.42. The number of carbonyl (C=O) groups is 1. The molecule has 1 amide bonds. The molecule has 8 heteroatoms. The van der Waals surface area contributed by atoms with Gasteiger partial charge in [-0.15, -0.1) is 0 Å². The van der Waals surface area contributed by atoms with E-state index in [2.05, 4.69) is 23.3 Å². The summed E-state index contributed by atoms with van der Waals surface area (Å²) >= 11 is 6.55. The molecule has 1 aliphatic heterocycles. The van der Waals surface area contributed by atoms with E-state index in [0.717, 1.165) is 40.3 Å². The number of ether oxygens (including phenoxy) is 1. The van der Waals surface area contributed by atoms with Crippen LogP contribution in [0.15, 0.2) is 48.7 Å². The first kappa shape index (κ1) is 19.4. The van der Waals surface area contributed by atoms with Crippen LogP contribution in [0.3, 0.4) is 0 Å². The van der Waals surface area contributed by atoms with Gasteiger partial charge in [0.25, 0.3) is 5.91 Å². The smallest absolute Gasteiger partial charge is 0.255 e. The Balaban J connectivity index is 1.78. The molecular formula is C23H20ClN5O2. The fourth-order valence-electron chi connectivity index (χ4n) is 4.04. The Hall–Kier alpha value is -3.58. The summed E-state index contributed by atoms with van der Waals surface area (Å²) in [5, 5.41) is 4.14. The SMILES string of the molecule is CCc1cccc(OCC(N)=O)c1-c1nc2nccc3n2c1Nc1c(Cl)cccc1C3. The summed E-state index contributed by atoms with van der Waals surface area (Å²) in [5.41, 5.74) is 10.8. The lowest BCUT2D eigenvalue weighted by molar-refractivity contribution is -0.119. The van der Waals surface area contributed by atoms with E-state index in [9.17, 15) is 4.79 Å². The van der Waals surface area contributed by atoms with E-state index in [-0.39, 0.29) is 6.61 Å². The third-order valence-electron chi connectivity index (χ3n) is 5.42. The van der Waals surface area contributed by atoms with Crippen molar-refractivity contribution in [2.24, 2.45) is 5.73 Å². The number of para-hydroxylation sites is 1. The number of anilines is 2. The molecule has 31 heavy (non-hydrogen) atoms. The van der Waals surface area contributed by atoms with E-state index < -0.39 is 5.91 Å². The quantitative estimate of drug-likeness (QED) is 0.434. The van der Waals surface area contributed by atoms with Crippen LogP contribution in [0.2, 0.25) is 5.02 Å². The number of nitrogens with one attached hydrogen (secondary N) is 1. The third kappa shape index (κ3) is 3.27. The van der Waals surface area contributed by atoms with E-state index in [4.69, 9.17) is 27.1 Å². The Labute approximate surface area is 183 Å². The maximum atomic E-state index is 11.4. The van der Waals surface area contributed by atoms with E-state index >= 15 is 0 Å². The van der Waals surface area contributed by atoms with Gasteiger partial charge in [-0.25, -0.2) is 9.97 Å². The maximum Gasteiger partial charge on any atom is 0.255 e. The summed E-state index contributed by atoms with van der Waals surface area (Å²) in [6.45, 7) is 1.85. The van der Waals surface area contributed by atoms with Crippen LogP contribution >= 0.6 is 11.6 Å². The third-order valence-corrected chi connectivity index (χ3v) is 5.73. The van der Waals surface area contributed by atoms with Crippen LogP contribution in [0.4, 0.5) is 11.5 Å². The lowest BCUT2D eigenvalue weighted by atomic mass is 10.0. The molecule has 0 fully saturated rings. The number of fused-ring (bicyclic) bond motifs is 1. The van der Waals surface area contributed by atoms with Crippen molar-refractivity contribution < 1.29 is 9.53 Å². The van der Waals surface area contributed by atoms with E-state index in [0.29, 0.717) is 28.7 Å². The minimum atomic E-state index is -0.538. The number of hydrogen-bond donors (Lipinski definition) is 2. The van der Waals surface area contributed by atoms with Gasteiger partial charge in [-0.2, -0.15) is 0 Å². The van der Waals surface area contributed by atoms with Gasteiger partial charge < -0.3 is 15.8 Å². The van der Waals surface area contributed by atoms with Gasteiger partial charge in [-0.1, -0.05) is 42.8 Å². The zero-order chi connectivity index (χ0) is 21.5. The molecule has 3 N–H and O–H groups in total. The van der Waals surface area contributed by atoms with Gasteiger partial charge in [0.05, 0.1) is 10.7 Å². The molecule has 0 bridgehead atoms. The Bertz CT molecular complexity index is 1330. The Morgan fingerprint density at radius 1 is 1.26 bits per heavy atom. The summed E-state index contributed by atoms with van der Waals surface area (Å²) in [4.78, 5) is 20.7. The second kappa shape index (κ2) is 7.59. The minimum Gasteiger partial charge on any atom is -0.483 e. The molecule has 0 atom stereocenters. The predicted molar refractivity (Wildman–Crippen MR) is 120 cm³/mol. The number of aryl methyl sites for hydroxylation is 1. The number of primary amides is 1. The van der Waals surface area contributed by atoms with Gasteiger partial charge in [0.2, 0.25) is 5.78 Å². The molecule has 0 unspecified atom stereocenters. The zero-order valence-corrected chi connectivity index (χ0v) is 17.6. The highest BCUT2D eigenvalue weighted by atomic mass is 35.5. The molecule has 0 saturated carbocycles. The van der Waals surface area contributed by atoms with Gasteiger partial charge in [0, 0.05) is 23.9 Å². The number of rotatable bonds is 5. The molecule has 7 nitrogen and oxygen atoms in total. The van der Waals surface area contributed by atoms with E-state index in [1.54, 1.807) is 6.20 Å². The average Bonchev–Trinajstić information content (AvgIpc) is 3.02. The fraction of sp³-hybridized carbons (Fsp3) is 0.174. The van der Waals surface area contributed by atoms with Gasteiger partial charge in [-0.05, 0) is 35.7 Å². The van der Waals surface area contributed by atoms with Crippen molar-refractivity contribution in [3.8, 4) is 17.0 Å². The molecule has 2 aromatic heterocycles. The predicted octanol–water partition coefficient (Wildman–Crippen LogP) is 4.12.